The summed E-state index contributed by atoms with van der Waals surface area (Å²) in [6.45, 7) is 4.60. The van der Waals surface area contributed by atoms with Gasteiger partial charge in [0.1, 0.15) is 5.69 Å². The molecule has 2 aromatic heterocycles. The average Bonchev–Trinajstić information content (AvgIpc) is 3.35. The Kier molecular flexibility index (Phi) is 5.73. The Morgan fingerprint density at radius 2 is 1.71 bits per heavy atom. The molecule has 0 spiro atoms. The van der Waals surface area contributed by atoms with Crippen LogP contribution in [-0.4, -0.2) is 50.4 Å². The number of benzene rings is 2. The second-order valence-electron chi connectivity index (χ2n) is 9.17. The van der Waals surface area contributed by atoms with E-state index in [4.69, 9.17) is 0 Å². The molecule has 5 rings (SSSR count). The van der Waals surface area contributed by atoms with Gasteiger partial charge in [0.05, 0.1) is 11.0 Å². The van der Waals surface area contributed by atoms with Gasteiger partial charge in [0.15, 0.2) is 0 Å². The zero-order valence-corrected chi connectivity index (χ0v) is 19.4. The van der Waals surface area contributed by atoms with Crippen molar-refractivity contribution in [3.8, 4) is 0 Å². The summed E-state index contributed by atoms with van der Waals surface area (Å²) in [5, 5.41) is 3.92. The molecule has 2 amide bonds. The number of imidazole rings is 1. The van der Waals surface area contributed by atoms with Crippen molar-refractivity contribution in [2.24, 2.45) is 0 Å². The lowest BCUT2D eigenvalue weighted by Crippen LogP contribution is -2.41. The van der Waals surface area contributed by atoms with E-state index in [2.05, 4.69) is 15.3 Å². The van der Waals surface area contributed by atoms with E-state index in [1.807, 2.05) is 64.9 Å². The highest BCUT2D eigenvalue weighted by molar-refractivity contribution is 6.01. The van der Waals surface area contributed by atoms with Crippen molar-refractivity contribution in [3.63, 3.8) is 0 Å². The van der Waals surface area contributed by atoms with E-state index >= 15 is 0 Å². The van der Waals surface area contributed by atoms with Crippen LogP contribution in [0.15, 0.2) is 53.3 Å². The van der Waals surface area contributed by atoms with E-state index in [0.29, 0.717) is 38.0 Å². The van der Waals surface area contributed by atoms with Gasteiger partial charge in [-0.2, -0.15) is 0 Å². The fourth-order valence-corrected chi connectivity index (χ4v) is 5.22. The number of piperidine rings is 1. The molecule has 8 nitrogen and oxygen atoms in total. The Bertz CT molecular complexity index is 1420. The molecule has 3 N–H and O–H groups in total. The number of carbonyl (C=O) groups excluding carboxylic acids is 2. The van der Waals surface area contributed by atoms with Gasteiger partial charge in [0, 0.05) is 43.0 Å². The molecule has 1 aliphatic rings. The Hall–Kier alpha value is -3.81. The molecule has 0 saturated carbocycles. The van der Waals surface area contributed by atoms with Gasteiger partial charge >= 0.3 is 5.69 Å². The van der Waals surface area contributed by atoms with Crippen molar-refractivity contribution in [2.75, 3.05) is 13.1 Å². The number of carbonyl (C=O) groups is 2. The predicted molar refractivity (Wildman–Crippen MR) is 132 cm³/mol. The van der Waals surface area contributed by atoms with Crippen LogP contribution in [0, 0.1) is 0 Å². The van der Waals surface area contributed by atoms with Gasteiger partial charge in [-0.3, -0.25) is 14.2 Å². The summed E-state index contributed by atoms with van der Waals surface area (Å²) >= 11 is 0. The maximum absolute atomic E-state index is 13.6. The van der Waals surface area contributed by atoms with E-state index in [1.54, 1.807) is 0 Å². The molecule has 176 valence electrons. The molecule has 1 fully saturated rings. The summed E-state index contributed by atoms with van der Waals surface area (Å²) in [6.07, 6.45) is 1.99. The van der Waals surface area contributed by atoms with E-state index < -0.39 is 0 Å². The zero-order valence-electron chi connectivity index (χ0n) is 19.4. The van der Waals surface area contributed by atoms with E-state index in [-0.39, 0.29) is 29.6 Å². The molecule has 2 aromatic carbocycles. The number of fused-ring (bicyclic) bond motifs is 2. The number of amides is 2. The third kappa shape index (κ3) is 4.00. The highest BCUT2D eigenvalue weighted by Crippen LogP contribution is 2.29. The minimum Gasteiger partial charge on any atom is -0.354 e. The van der Waals surface area contributed by atoms with Crippen molar-refractivity contribution in [1.82, 2.24) is 24.8 Å². The zero-order chi connectivity index (χ0) is 23.8. The van der Waals surface area contributed by atoms with Gasteiger partial charge in [-0.05, 0) is 49.9 Å². The summed E-state index contributed by atoms with van der Waals surface area (Å²) in [5.41, 5.74) is 4.06. The number of aromatic nitrogens is 3. The number of likely N-dealkylation sites (tertiary alicyclic amines) is 1. The smallest absolute Gasteiger partial charge is 0.326 e. The van der Waals surface area contributed by atoms with Gasteiger partial charge in [0.2, 0.25) is 5.91 Å². The molecule has 0 aliphatic carbocycles. The van der Waals surface area contributed by atoms with Crippen molar-refractivity contribution in [3.05, 3.63) is 70.3 Å². The minimum atomic E-state index is -0.101. The topological polar surface area (TPSA) is 103 Å². The Balaban J connectivity index is 1.38. The van der Waals surface area contributed by atoms with Gasteiger partial charge in [-0.25, -0.2) is 4.79 Å². The minimum absolute atomic E-state index is 0.0362. The van der Waals surface area contributed by atoms with Crippen LogP contribution in [0.25, 0.3) is 21.9 Å². The third-order valence-electron chi connectivity index (χ3n) is 6.73. The highest BCUT2D eigenvalue weighted by atomic mass is 16.2. The summed E-state index contributed by atoms with van der Waals surface area (Å²) in [6, 6.07) is 15.5. The third-order valence-corrected chi connectivity index (χ3v) is 6.73. The van der Waals surface area contributed by atoms with Gasteiger partial charge in [-0.15, -0.1) is 0 Å². The predicted octanol–water partition coefficient (Wildman–Crippen LogP) is 3.36. The second-order valence-corrected chi connectivity index (χ2v) is 9.17. The molecule has 34 heavy (non-hydrogen) atoms. The molecule has 1 saturated heterocycles. The first-order valence-corrected chi connectivity index (χ1v) is 11.8. The van der Waals surface area contributed by atoms with Crippen LogP contribution in [0.4, 0.5) is 0 Å². The number of rotatable bonds is 5. The SMILES string of the molecule is CC(=O)NC(C)Cc1c(C(=O)N2CCC(n3c(=O)[nH]c4ccccc43)CC2)[nH]c2ccccc12. The first-order valence-electron chi connectivity index (χ1n) is 11.8. The van der Waals surface area contributed by atoms with Crippen molar-refractivity contribution >= 4 is 33.8 Å². The van der Waals surface area contributed by atoms with Crippen molar-refractivity contribution < 1.29 is 9.59 Å². The molecule has 1 aliphatic heterocycles. The highest BCUT2D eigenvalue weighted by Gasteiger charge is 2.29. The maximum atomic E-state index is 13.6. The molecular weight excluding hydrogens is 430 g/mol. The molecule has 8 heteroatoms. The first-order chi connectivity index (χ1) is 16.4. The van der Waals surface area contributed by atoms with Crippen LogP contribution in [-0.2, 0) is 11.2 Å². The molecule has 1 unspecified atom stereocenters. The maximum Gasteiger partial charge on any atom is 0.326 e. The van der Waals surface area contributed by atoms with Crippen LogP contribution in [0.1, 0.15) is 48.8 Å². The number of para-hydroxylation sites is 3. The summed E-state index contributed by atoms with van der Waals surface area (Å²) < 4.78 is 1.83. The van der Waals surface area contributed by atoms with E-state index in [0.717, 1.165) is 27.5 Å². The number of nitrogens with zero attached hydrogens (tertiary/aromatic N) is 2. The van der Waals surface area contributed by atoms with Gasteiger partial charge in [-0.1, -0.05) is 30.3 Å². The van der Waals surface area contributed by atoms with Crippen LogP contribution in [0.5, 0.6) is 0 Å². The van der Waals surface area contributed by atoms with Gasteiger partial charge < -0.3 is 20.2 Å². The summed E-state index contributed by atoms with van der Waals surface area (Å²) in [7, 11) is 0. The molecule has 3 heterocycles. The van der Waals surface area contributed by atoms with Crippen LogP contribution >= 0.6 is 0 Å². The number of hydrogen-bond donors (Lipinski definition) is 3. The molecule has 0 bridgehead atoms. The Morgan fingerprint density at radius 1 is 1.03 bits per heavy atom. The van der Waals surface area contributed by atoms with Crippen LogP contribution in [0.2, 0.25) is 0 Å². The average molecular weight is 460 g/mol. The standard InChI is InChI=1S/C26H29N5O3/c1-16(27-17(2)32)15-20-19-7-3-4-8-21(19)28-24(20)25(33)30-13-11-18(12-14-30)31-23-10-6-5-9-22(23)29-26(31)34/h3-10,16,18,28H,11-15H2,1-2H3,(H,27,32)(H,29,34). The second kappa shape index (κ2) is 8.85. The lowest BCUT2D eigenvalue weighted by molar-refractivity contribution is -0.119. The number of aromatic amines is 2. The molecule has 1 atom stereocenters. The fourth-order valence-electron chi connectivity index (χ4n) is 5.22. The van der Waals surface area contributed by atoms with Gasteiger partial charge in [0.25, 0.3) is 5.91 Å². The number of hydrogen-bond acceptors (Lipinski definition) is 3. The summed E-state index contributed by atoms with van der Waals surface area (Å²) in [4.78, 5) is 45.8. The normalized spacial score (nSPS) is 15.6. The first kappa shape index (κ1) is 22.0. The van der Waals surface area contributed by atoms with Crippen molar-refractivity contribution in [2.45, 2.75) is 45.2 Å². The lowest BCUT2D eigenvalue weighted by atomic mass is 10.0. The van der Waals surface area contributed by atoms with Crippen molar-refractivity contribution in [1.29, 1.82) is 0 Å². The lowest BCUT2D eigenvalue weighted by Gasteiger charge is -2.32. The number of H-pyrrole nitrogens is 2. The molecular formula is C26H29N5O3. The van der Waals surface area contributed by atoms with Crippen LogP contribution in [0.3, 0.4) is 0 Å². The van der Waals surface area contributed by atoms with Crippen LogP contribution < -0.4 is 11.0 Å². The molecule has 4 aromatic rings. The monoisotopic (exact) mass is 459 g/mol. The largest absolute Gasteiger partial charge is 0.354 e. The molecule has 0 radical (unpaired) electrons. The van der Waals surface area contributed by atoms with E-state index in [9.17, 15) is 14.4 Å². The summed E-state index contributed by atoms with van der Waals surface area (Å²) in [5.74, 6) is -0.124. The van der Waals surface area contributed by atoms with E-state index in [1.165, 1.54) is 6.92 Å². The number of nitrogens with one attached hydrogen (secondary N) is 3. The Morgan fingerprint density at radius 3 is 2.44 bits per heavy atom. The quantitative estimate of drug-likeness (QED) is 0.426. The Labute approximate surface area is 197 Å². The fraction of sp³-hybridized carbons (Fsp3) is 0.346.